The fraction of sp³-hybridized carbons (Fsp3) is 0.448. The molecule has 1 N–H and O–H groups in total. The van der Waals surface area contributed by atoms with Gasteiger partial charge in [0.15, 0.2) is 0 Å². The van der Waals surface area contributed by atoms with E-state index in [9.17, 15) is 9.59 Å². The van der Waals surface area contributed by atoms with Crippen LogP contribution in [0.5, 0.6) is 0 Å². The molecule has 1 saturated carbocycles. The van der Waals surface area contributed by atoms with Gasteiger partial charge in [0.25, 0.3) is 5.91 Å². The molecule has 12 heteroatoms. The summed E-state index contributed by atoms with van der Waals surface area (Å²) >= 11 is 0. The van der Waals surface area contributed by atoms with Crippen LogP contribution in [-0.2, 0) is 9.53 Å². The number of anilines is 2. The minimum atomic E-state index is -0.264. The van der Waals surface area contributed by atoms with Crippen LogP contribution in [0.15, 0.2) is 41.3 Å². The van der Waals surface area contributed by atoms with Gasteiger partial charge < -0.3 is 24.4 Å². The maximum absolute atomic E-state index is 13.4. The van der Waals surface area contributed by atoms with Gasteiger partial charge in [-0.15, -0.1) is 0 Å². The number of pyridine rings is 2. The number of amides is 2. The summed E-state index contributed by atoms with van der Waals surface area (Å²) in [6, 6.07) is 5.87. The molecule has 4 aliphatic rings. The van der Waals surface area contributed by atoms with Crippen molar-refractivity contribution in [3.05, 3.63) is 53.9 Å². The Balaban J connectivity index is 0.971. The van der Waals surface area contributed by atoms with Gasteiger partial charge in [0.1, 0.15) is 0 Å². The van der Waals surface area contributed by atoms with Crippen molar-refractivity contribution in [3.8, 4) is 11.4 Å². The molecule has 0 bridgehead atoms. The van der Waals surface area contributed by atoms with Crippen LogP contribution in [0, 0.1) is 17.8 Å². The number of ether oxygens (including phenoxy) is 1. The highest BCUT2D eigenvalue weighted by molar-refractivity contribution is 6.09. The van der Waals surface area contributed by atoms with E-state index in [2.05, 4.69) is 30.4 Å². The van der Waals surface area contributed by atoms with Crippen LogP contribution in [0.2, 0.25) is 0 Å². The fourth-order valence-corrected chi connectivity index (χ4v) is 6.75. The van der Waals surface area contributed by atoms with Crippen molar-refractivity contribution in [3.63, 3.8) is 0 Å². The molecule has 3 saturated heterocycles. The first kappa shape index (κ1) is 24.5. The Morgan fingerprint density at radius 1 is 1.07 bits per heavy atom. The molecule has 210 valence electrons. The lowest BCUT2D eigenvalue weighted by atomic mass is 9.57. The highest BCUT2D eigenvalue weighted by atomic mass is 16.5. The number of rotatable bonds is 5. The van der Waals surface area contributed by atoms with Crippen molar-refractivity contribution < 1.29 is 18.8 Å². The van der Waals surface area contributed by atoms with E-state index in [4.69, 9.17) is 9.26 Å². The average Bonchev–Trinajstić information content (AvgIpc) is 3.49. The summed E-state index contributed by atoms with van der Waals surface area (Å²) in [5, 5.41) is 11.6. The number of carbonyl (C=O) groups excluding carboxylic acids is 2. The van der Waals surface area contributed by atoms with Crippen LogP contribution < -0.4 is 10.2 Å². The number of nitrogens with zero attached hydrogens (tertiary/aromatic N) is 7. The van der Waals surface area contributed by atoms with Gasteiger partial charge in [-0.05, 0) is 38.0 Å². The summed E-state index contributed by atoms with van der Waals surface area (Å²) in [6.45, 7) is 8.67. The lowest BCUT2D eigenvalue weighted by Gasteiger charge is -2.58. The number of likely N-dealkylation sites (tertiary alicyclic amines) is 1. The van der Waals surface area contributed by atoms with E-state index in [1.807, 2.05) is 36.2 Å². The van der Waals surface area contributed by atoms with E-state index < -0.39 is 0 Å². The molecule has 41 heavy (non-hydrogen) atoms. The molecule has 4 fully saturated rings. The fourth-order valence-electron chi connectivity index (χ4n) is 6.75. The van der Waals surface area contributed by atoms with E-state index in [0.29, 0.717) is 39.6 Å². The molecule has 0 unspecified atom stereocenters. The summed E-state index contributed by atoms with van der Waals surface area (Å²) in [7, 11) is 0. The SMILES string of the molecule is CC(=O)N1CC2(CC(c3nc(-c4cnc(C)c(NC(=O)c5cnn6ccc(N7CC8(COC8)C7)cc56)c4)no3)C2)C1. The molecule has 3 aliphatic heterocycles. The Labute approximate surface area is 235 Å². The van der Waals surface area contributed by atoms with Crippen molar-refractivity contribution >= 4 is 28.7 Å². The Bertz CT molecular complexity index is 1700. The Morgan fingerprint density at radius 3 is 2.61 bits per heavy atom. The van der Waals surface area contributed by atoms with E-state index >= 15 is 0 Å². The Kier molecular flexibility index (Phi) is 5.13. The smallest absolute Gasteiger partial charge is 0.259 e. The third-order valence-electron chi connectivity index (χ3n) is 9.22. The molecule has 4 aromatic rings. The highest BCUT2D eigenvalue weighted by Crippen LogP contribution is 2.55. The van der Waals surface area contributed by atoms with E-state index in [0.717, 1.165) is 63.4 Å². The summed E-state index contributed by atoms with van der Waals surface area (Å²) in [4.78, 5) is 38.3. The number of hydrogen-bond donors (Lipinski definition) is 1. The van der Waals surface area contributed by atoms with Gasteiger partial charge in [0.2, 0.25) is 17.6 Å². The maximum Gasteiger partial charge on any atom is 0.259 e. The van der Waals surface area contributed by atoms with Crippen molar-refractivity contribution in [1.82, 2.24) is 29.6 Å². The molecular weight excluding hydrogens is 524 g/mol. The van der Waals surface area contributed by atoms with Crippen molar-refractivity contribution in [2.24, 2.45) is 10.8 Å². The first-order valence-corrected chi connectivity index (χ1v) is 14.0. The lowest BCUT2D eigenvalue weighted by Crippen LogP contribution is -2.66. The molecule has 0 aromatic carbocycles. The predicted molar refractivity (Wildman–Crippen MR) is 148 cm³/mol. The van der Waals surface area contributed by atoms with Crippen LogP contribution in [-0.4, -0.2) is 80.8 Å². The minimum Gasteiger partial charge on any atom is -0.380 e. The van der Waals surface area contributed by atoms with Crippen LogP contribution in [0.25, 0.3) is 16.9 Å². The van der Waals surface area contributed by atoms with Crippen LogP contribution >= 0.6 is 0 Å². The van der Waals surface area contributed by atoms with Crippen molar-refractivity contribution in [2.75, 3.05) is 49.6 Å². The zero-order valence-electron chi connectivity index (χ0n) is 23.0. The number of aromatic nitrogens is 5. The van der Waals surface area contributed by atoms with Crippen LogP contribution in [0.1, 0.15) is 47.6 Å². The van der Waals surface area contributed by atoms with E-state index in [1.54, 1.807) is 23.8 Å². The van der Waals surface area contributed by atoms with Gasteiger partial charge in [-0.1, -0.05) is 5.16 Å². The quantitative estimate of drug-likeness (QED) is 0.396. The molecule has 2 spiro atoms. The zero-order valence-corrected chi connectivity index (χ0v) is 23.0. The molecule has 8 rings (SSSR count). The Hall–Kier alpha value is -4.32. The van der Waals surface area contributed by atoms with E-state index in [-0.39, 0.29) is 23.1 Å². The van der Waals surface area contributed by atoms with Crippen molar-refractivity contribution in [1.29, 1.82) is 0 Å². The second-order valence-corrected chi connectivity index (χ2v) is 12.4. The molecule has 7 heterocycles. The summed E-state index contributed by atoms with van der Waals surface area (Å²) < 4.78 is 12.7. The van der Waals surface area contributed by atoms with Gasteiger partial charge in [0.05, 0.1) is 47.3 Å². The van der Waals surface area contributed by atoms with Gasteiger partial charge in [0, 0.05) is 68.1 Å². The maximum atomic E-state index is 13.4. The largest absolute Gasteiger partial charge is 0.380 e. The van der Waals surface area contributed by atoms with Crippen molar-refractivity contribution in [2.45, 2.75) is 32.6 Å². The molecule has 1 aliphatic carbocycles. The lowest BCUT2D eigenvalue weighted by molar-refractivity contribution is -0.149. The summed E-state index contributed by atoms with van der Waals surface area (Å²) in [5.41, 5.74) is 4.72. The standard InChI is InChI=1S/C29H30N8O4/c1-17-23(5-19(9-30-17)25-33-27(41-34-25)20-7-28(8-20)11-35(12-28)18(2)38)32-26(39)22-10-31-37-4-3-21(6-24(22)37)36-13-29(14-36)15-40-16-29/h3-6,9-10,20H,7-8,11-16H2,1-2H3,(H,32,39). The summed E-state index contributed by atoms with van der Waals surface area (Å²) in [5.74, 6) is 1.11. The number of hydrogen-bond acceptors (Lipinski definition) is 9. The third-order valence-corrected chi connectivity index (χ3v) is 9.22. The predicted octanol–water partition coefficient (Wildman–Crippen LogP) is 2.90. The molecule has 2 amide bonds. The molecule has 12 nitrogen and oxygen atoms in total. The average molecular weight is 555 g/mol. The van der Waals surface area contributed by atoms with Gasteiger partial charge >= 0.3 is 0 Å². The first-order valence-electron chi connectivity index (χ1n) is 14.0. The highest BCUT2D eigenvalue weighted by Gasteiger charge is 2.55. The molecular formula is C29H30N8O4. The molecule has 0 atom stereocenters. The minimum absolute atomic E-state index is 0.129. The van der Waals surface area contributed by atoms with Crippen LogP contribution in [0.3, 0.4) is 0 Å². The van der Waals surface area contributed by atoms with Gasteiger partial charge in [-0.3, -0.25) is 14.6 Å². The van der Waals surface area contributed by atoms with Crippen LogP contribution in [0.4, 0.5) is 11.4 Å². The normalized spacial score (nSPS) is 20.4. The first-order chi connectivity index (χ1) is 19.8. The number of aryl methyl sites for hydroxylation is 1. The molecule has 4 aromatic heterocycles. The van der Waals surface area contributed by atoms with Gasteiger partial charge in [-0.25, -0.2) is 4.52 Å². The topological polar surface area (TPSA) is 131 Å². The monoisotopic (exact) mass is 554 g/mol. The Morgan fingerprint density at radius 2 is 1.88 bits per heavy atom. The number of nitrogens with one attached hydrogen (secondary N) is 1. The summed E-state index contributed by atoms with van der Waals surface area (Å²) in [6.07, 6.45) is 7.06. The second-order valence-electron chi connectivity index (χ2n) is 12.4. The van der Waals surface area contributed by atoms with Gasteiger partial charge in [-0.2, -0.15) is 10.1 Å². The third kappa shape index (κ3) is 3.91. The number of carbonyl (C=O) groups is 2. The number of fused-ring (bicyclic) bond motifs is 1. The zero-order chi connectivity index (χ0) is 27.9. The van der Waals surface area contributed by atoms with E-state index in [1.165, 1.54) is 0 Å². The second kappa shape index (κ2) is 8.59. The molecule has 0 radical (unpaired) electrons.